The highest BCUT2D eigenvalue weighted by Gasteiger charge is 2.40. The molecule has 1 unspecified atom stereocenters. The summed E-state index contributed by atoms with van der Waals surface area (Å²) in [5.41, 5.74) is 8.61. The van der Waals surface area contributed by atoms with Crippen LogP contribution in [0.4, 0.5) is 0 Å². The van der Waals surface area contributed by atoms with Crippen LogP contribution < -0.4 is 5.73 Å². The van der Waals surface area contributed by atoms with Gasteiger partial charge in [-0.05, 0) is 61.4 Å². The van der Waals surface area contributed by atoms with Crippen LogP contribution in [0, 0.1) is 0 Å². The molecule has 2 fully saturated rings. The molecule has 4 rings (SSSR count). The number of amides is 1. The number of benzene rings is 1. The van der Waals surface area contributed by atoms with Gasteiger partial charge in [-0.15, -0.1) is 0 Å². The van der Waals surface area contributed by atoms with Crippen LogP contribution in [0.25, 0.3) is 0 Å². The number of hydrogen-bond acceptors (Lipinski definition) is 4. The summed E-state index contributed by atoms with van der Waals surface area (Å²) in [6, 6.07) is 10.4. The second-order valence-corrected chi connectivity index (χ2v) is 8.62. The number of hydrogen-bond donors (Lipinski definition) is 1. The average Bonchev–Trinajstić information content (AvgIpc) is 2.75. The second kappa shape index (κ2) is 8.18. The van der Waals surface area contributed by atoms with Gasteiger partial charge in [0.25, 0.3) is 0 Å². The standard InChI is InChI=1S/C22H27ClN4O/c23-19-3-1-2-18(12-19)22(15-24)9-6-20(7-10-22)27-14-17(4-5-21(27)28)16-8-11-25-26-13-16/h1-3,8,11-13,17,20H,4-7,9-10,14-15,24H2. The SMILES string of the molecule is NCC1(c2cccc(Cl)c2)CCC(N2CC(c3ccnnc3)CCC2=O)CC1. The first-order valence-corrected chi connectivity index (χ1v) is 10.5. The van der Waals surface area contributed by atoms with Crippen molar-refractivity contribution in [3.63, 3.8) is 0 Å². The number of carbonyl (C=O) groups is 1. The van der Waals surface area contributed by atoms with Gasteiger partial charge >= 0.3 is 0 Å². The van der Waals surface area contributed by atoms with Gasteiger partial charge in [0.2, 0.25) is 5.91 Å². The minimum atomic E-state index is -0.0331. The summed E-state index contributed by atoms with van der Waals surface area (Å²) in [4.78, 5) is 14.8. The molecule has 0 bridgehead atoms. The minimum absolute atomic E-state index is 0.0331. The molecular formula is C22H27ClN4O. The van der Waals surface area contributed by atoms with Crippen LogP contribution >= 0.6 is 11.6 Å². The maximum absolute atomic E-state index is 12.7. The zero-order valence-electron chi connectivity index (χ0n) is 16.1. The zero-order chi connectivity index (χ0) is 19.6. The number of halogens is 1. The molecular weight excluding hydrogens is 372 g/mol. The van der Waals surface area contributed by atoms with E-state index in [4.69, 9.17) is 17.3 Å². The van der Waals surface area contributed by atoms with Gasteiger partial charge in [0, 0.05) is 48.1 Å². The lowest BCUT2D eigenvalue weighted by molar-refractivity contribution is -0.137. The molecule has 2 aromatic rings. The monoisotopic (exact) mass is 398 g/mol. The Labute approximate surface area is 171 Å². The van der Waals surface area contributed by atoms with Gasteiger partial charge in [-0.1, -0.05) is 23.7 Å². The number of nitrogens with zero attached hydrogens (tertiary/aromatic N) is 3. The highest BCUT2D eigenvalue weighted by atomic mass is 35.5. The molecule has 0 spiro atoms. The molecule has 1 aromatic heterocycles. The number of piperidine rings is 1. The van der Waals surface area contributed by atoms with E-state index in [9.17, 15) is 4.79 Å². The quantitative estimate of drug-likeness (QED) is 0.852. The summed E-state index contributed by atoms with van der Waals surface area (Å²) >= 11 is 6.22. The Bertz CT molecular complexity index is 820. The second-order valence-electron chi connectivity index (χ2n) is 8.18. The summed E-state index contributed by atoms with van der Waals surface area (Å²) in [5, 5.41) is 8.64. The number of rotatable bonds is 4. The Morgan fingerprint density at radius 1 is 1.18 bits per heavy atom. The average molecular weight is 399 g/mol. The number of aromatic nitrogens is 2. The van der Waals surface area contributed by atoms with Gasteiger partial charge < -0.3 is 10.6 Å². The van der Waals surface area contributed by atoms with Crippen molar-refractivity contribution in [2.75, 3.05) is 13.1 Å². The molecule has 1 saturated heterocycles. The molecule has 1 amide bonds. The van der Waals surface area contributed by atoms with Crippen molar-refractivity contribution in [3.05, 3.63) is 58.9 Å². The molecule has 1 aliphatic heterocycles. The highest BCUT2D eigenvalue weighted by Crippen LogP contribution is 2.42. The maximum Gasteiger partial charge on any atom is 0.222 e. The summed E-state index contributed by atoms with van der Waals surface area (Å²) in [6.07, 6.45) is 9.01. The fraction of sp³-hybridized carbons (Fsp3) is 0.500. The molecule has 28 heavy (non-hydrogen) atoms. The van der Waals surface area contributed by atoms with Crippen molar-refractivity contribution in [3.8, 4) is 0 Å². The maximum atomic E-state index is 12.7. The first-order chi connectivity index (χ1) is 13.6. The van der Waals surface area contributed by atoms with Gasteiger partial charge in [-0.3, -0.25) is 4.79 Å². The smallest absolute Gasteiger partial charge is 0.222 e. The van der Waals surface area contributed by atoms with Gasteiger partial charge in [0.05, 0.1) is 6.20 Å². The van der Waals surface area contributed by atoms with Gasteiger partial charge in [0.15, 0.2) is 0 Å². The van der Waals surface area contributed by atoms with Crippen LogP contribution in [-0.4, -0.2) is 40.1 Å². The Morgan fingerprint density at radius 2 is 2.00 bits per heavy atom. The minimum Gasteiger partial charge on any atom is -0.339 e. The molecule has 1 saturated carbocycles. The van der Waals surface area contributed by atoms with Crippen molar-refractivity contribution >= 4 is 17.5 Å². The number of nitrogens with two attached hydrogens (primary N) is 1. The van der Waals surface area contributed by atoms with Crippen molar-refractivity contribution < 1.29 is 4.79 Å². The third kappa shape index (κ3) is 3.78. The Balaban J connectivity index is 1.47. The van der Waals surface area contributed by atoms with E-state index in [2.05, 4.69) is 21.2 Å². The van der Waals surface area contributed by atoms with Crippen LogP contribution in [0.3, 0.4) is 0 Å². The van der Waals surface area contributed by atoms with E-state index in [1.807, 2.05) is 30.5 Å². The zero-order valence-corrected chi connectivity index (χ0v) is 16.8. The van der Waals surface area contributed by atoms with E-state index in [-0.39, 0.29) is 11.3 Å². The van der Waals surface area contributed by atoms with Crippen LogP contribution in [-0.2, 0) is 10.2 Å². The normalized spacial score (nSPS) is 28.4. The summed E-state index contributed by atoms with van der Waals surface area (Å²) in [5.74, 6) is 0.633. The predicted octanol–water partition coefficient (Wildman–Crippen LogP) is 3.68. The van der Waals surface area contributed by atoms with E-state index in [0.29, 0.717) is 24.9 Å². The molecule has 1 aromatic carbocycles. The van der Waals surface area contributed by atoms with E-state index >= 15 is 0 Å². The van der Waals surface area contributed by atoms with Crippen LogP contribution in [0.15, 0.2) is 42.7 Å². The molecule has 6 heteroatoms. The summed E-state index contributed by atoms with van der Waals surface area (Å²) < 4.78 is 0. The Kier molecular flexibility index (Phi) is 5.65. The van der Waals surface area contributed by atoms with Crippen molar-refractivity contribution in [2.24, 2.45) is 5.73 Å². The Morgan fingerprint density at radius 3 is 2.68 bits per heavy atom. The largest absolute Gasteiger partial charge is 0.339 e. The molecule has 1 atom stereocenters. The van der Waals surface area contributed by atoms with E-state index in [0.717, 1.165) is 43.7 Å². The predicted molar refractivity (Wildman–Crippen MR) is 110 cm³/mol. The molecule has 0 radical (unpaired) electrons. The Hall–Kier alpha value is -1.98. The number of carbonyl (C=O) groups excluding carboxylic acids is 1. The molecule has 2 N–H and O–H groups in total. The third-order valence-corrected chi connectivity index (χ3v) is 6.94. The first kappa shape index (κ1) is 19.3. The molecule has 1 aliphatic carbocycles. The molecule has 2 aliphatic rings. The highest BCUT2D eigenvalue weighted by molar-refractivity contribution is 6.30. The molecule has 2 heterocycles. The molecule has 5 nitrogen and oxygen atoms in total. The molecule has 148 valence electrons. The van der Waals surface area contributed by atoms with Crippen LogP contribution in [0.2, 0.25) is 5.02 Å². The lowest BCUT2D eigenvalue weighted by Gasteiger charge is -2.45. The topological polar surface area (TPSA) is 72.1 Å². The van der Waals surface area contributed by atoms with E-state index < -0.39 is 0 Å². The van der Waals surface area contributed by atoms with Gasteiger partial charge in [-0.25, -0.2) is 0 Å². The first-order valence-electron chi connectivity index (χ1n) is 10.1. The summed E-state index contributed by atoms with van der Waals surface area (Å²) in [7, 11) is 0. The lowest BCUT2D eigenvalue weighted by Crippen LogP contribution is -2.50. The van der Waals surface area contributed by atoms with E-state index in [1.54, 1.807) is 6.20 Å². The fourth-order valence-corrected chi connectivity index (χ4v) is 5.13. The van der Waals surface area contributed by atoms with Crippen LogP contribution in [0.1, 0.15) is 55.6 Å². The third-order valence-electron chi connectivity index (χ3n) is 6.70. The van der Waals surface area contributed by atoms with Crippen molar-refractivity contribution in [1.82, 2.24) is 15.1 Å². The van der Waals surface area contributed by atoms with E-state index in [1.165, 1.54) is 11.1 Å². The van der Waals surface area contributed by atoms with Gasteiger partial charge in [0.1, 0.15) is 0 Å². The number of likely N-dealkylation sites (tertiary alicyclic amines) is 1. The lowest BCUT2D eigenvalue weighted by atomic mass is 9.67. The van der Waals surface area contributed by atoms with Crippen LogP contribution in [0.5, 0.6) is 0 Å². The van der Waals surface area contributed by atoms with Crippen molar-refractivity contribution in [2.45, 2.75) is 55.9 Å². The van der Waals surface area contributed by atoms with Gasteiger partial charge in [-0.2, -0.15) is 10.2 Å². The van der Waals surface area contributed by atoms with Crippen molar-refractivity contribution in [1.29, 1.82) is 0 Å². The fourth-order valence-electron chi connectivity index (χ4n) is 4.93. The summed E-state index contributed by atoms with van der Waals surface area (Å²) in [6.45, 7) is 1.39.